The number of nitro groups is 1. The Labute approximate surface area is 252 Å². The molecule has 2 amide bonds. The molecule has 44 heavy (non-hydrogen) atoms. The van der Waals surface area contributed by atoms with Gasteiger partial charge in [-0.2, -0.15) is 0 Å². The van der Waals surface area contributed by atoms with Crippen molar-refractivity contribution in [1.82, 2.24) is 0 Å². The fourth-order valence-electron chi connectivity index (χ4n) is 3.87. The molecule has 0 bridgehead atoms. The van der Waals surface area contributed by atoms with Crippen LogP contribution < -0.4 is 16.4 Å². The van der Waals surface area contributed by atoms with Crippen LogP contribution in [0, 0.1) is 10.1 Å². The van der Waals surface area contributed by atoms with E-state index < -0.39 is 22.8 Å². The first-order chi connectivity index (χ1) is 21.2. The average Bonchev–Trinajstić information content (AvgIpc) is 3.02. The Morgan fingerprint density at radius 2 is 1.02 bits per heavy atom. The number of nitrogen functional groups attached to an aromatic ring is 1. The number of nitrogens with zero attached hydrogens (tertiary/aromatic N) is 1. The van der Waals surface area contributed by atoms with Gasteiger partial charge in [0.1, 0.15) is 5.56 Å². The molecule has 4 aromatic rings. The van der Waals surface area contributed by atoms with E-state index in [9.17, 15) is 29.3 Å². The van der Waals surface area contributed by atoms with Gasteiger partial charge in [0, 0.05) is 11.8 Å². The van der Waals surface area contributed by atoms with Crippen molar-refractivity contribution in [1.29, 1.82) is 0 Å². The van der Waals surface area contributed by atoms with Crippen LogP contribution in [-0.2, 0) is 9.47 Å². The third-order valence-corrected chi connectivity index (χ3v) is 5.89. The van der Waals surface area contributed by atoms with Gasteiger partial charge in [0.05, 0.1) is 46.2 Å². The number of benzene rings is 4. The van der Waals surface area contributed by atoms with Crippen LogP contribution in [0.25, 0.3) is 0 Å². The molecule has 226 valence electrons. The number of carbonyl (C=O) groups excluding carboxylic acids is 4. The SMILES string of the molecule is CCOC(=O)c1ccccc1NC(=O)c1ccccc1N.CCOC(=O)c1ccccc1NC(=O)c1ccccc1[N+](=O)[O-]. The molecule has 0 aliphatic rings. The largest absolute Gasteiger partial charge is 0.462 e. The number of nitro benzene ring substituents is 1. The van der Waals surface area contributed by atoms with Crippen LogP contribution in [-0.4, -0.2) is 41.9 Å². The number of nitrogens with one attached hydrogen (secondary N) is 2. The van der Waals surface area contributed by atoms with Gasteiger partial charge in [-0.3, -0.25) is 19.7 Å². The Morgan fingerprint density at radius 1 is 0.636 bits per heavy atom. The number of carbonyl (C=O) groups is 4. The van der Waals surface area contributed by atoms with Gasteiger partial charge >= 0.3 is 11.9 Å². The minimum absolute atomic E-state index is 0.0869. The van der Waals surface area contributed by atoms with Crippen LogP contribution in [0.2, 0.25) is 0 Å². The third-order valence-electron chi connectivity index (χ3n) is 5.89. The highest BCUT2D eigenvalue weighted by Gasteiger charge is 2.21. The summed E-state index contributed by atoms with van der Waals surface area (Å²) >= 11 is 0. The Bertz CT molecular complexity index is 1670. The van der Waals surface area contributed by atoms with Crippen LogP contribution in [0.15, 0.2) is 97.1 Å². The summed E-state index contributed by atoms with van der Waals surface area (Å²) < 4.78 is 9.88. The zero-order chi connectivity index (χ0) is 32.1. The summed E-state index contributed by atoms with van der Waals surface area (Å²) in [5.74, 6) is -2.10. The van der Waals surface area contributed by atoms with Crippen molar-refractivity contribution in [2.24, 2.45) is 0 Å². The lowest BCUT2D eigenvalue weighted by atomic mass is 10.1. The maximum Gasteiger partial charge on any atom is 0.340 e. The monoisotopic (exact) mass is 598 g/mol. The van der Waals surface area contributed by atoms with Gasteiger partial charge < -0.3 is 25.8 Å². The Kier molecular flexibility index (Phi) is 11.7. The van der Waals surface area contributed by atoms with E-state index in [1.807, 2.05) is 0 Å². The number of nitrogens with two attached hydrogens (primary N) is 1. The van der Waals surface area contributed by atoms with E-state index in [1.54, 1.807) is 74.5 Å². The van der Waals surface area contributed by atoms with E-state index in [2.05, 4.69) is 10.6 Å². The summed E-state index contributed by atoms with van der Waals surface area (Å²) in [6, 6.07) is 25.3. The predicted octanol–water partition coefficient (Wildman–Crippen LogP) is 5.72. The molecule has 0 unspecified atom stereocenters. The first-order valence-corrected chi connectivity index (χ1v) is 13.4. The molecule has 0 fully saturated rings. The van der Waals surface area contributed by atoms with Crippen LogP contribution >= 0.6 is 0 Å². The minimum atomic E-state index is -0.672. The molecule has 4 N–H and O–H groups in total. The van der Waals surface area contributed by atoms with Gasteiger partial charge in [-0.05, 0) is 56.3 Å². The van der Waals surface area contributed by atoms with Crippen molar-refractivity contribution in [3.63, 3.8) is 0 Å². The molecule has 12 nitrogen and oxygen atoms in total. The van der Waals surface area contributed by atoms with Crippen molar-refractivity contribution in [3.05, 3.63) is 129 Å². The molecular formula is C32H30N4O8. The maximum absolute atomic E-state index is 12.3. The molecule has 4 aromatic carbocycles. The van der Waals surface area contributed by atoms with Crippen LogP contribution in [0.4, 0.5) is 22.7 Å². The second-order valence-electron chi connectivity index (χ2n) is 8.80. The van der Waals surface area contributed by atoms with Crippen LogP contribution in [0.3, 0.4) is 0 Å². The van der Waals surface area contributed by atoms with Crippen molar-refractivity contribution in [2.75, 3.05) is 29.6 Å². The summed E-state index contributed by atoms with van der Waals surface area (Å²) in [7, 11) is 0. The molecule has 0 saturated carbocycles. The second-order valence-corrected chi connectivity index (χ2v) is 8.80. The van der Waals surface area contributed by atoms with E-state index >= 15 is 0 Å². The summed E-state index contributed by atoms with van der Waals surface area (Å²) in [6.07, 6.45) is 0. The summed E-state index contributed by atoms with van der Waals surface area (Å²) in [5.41, 5.74) is 7.22. The number of hydrogen-bond acceptors (Lipinski definition) is 9. The number of amides is 2. The third kappa shape index (κ3) is 8.49. The summed E-state index contributed by atoms with van der Waals surface area (Å²) in [5, 5.41) is 16.2. The zero-order valence-corrected chi connectivity index (χ0v) is 23.9. The van der Waals surface area contributed by atoms with Gasteiger partial charge in [-0.15, -0.1) is 0 Å². The topological polar surface area (TPSA) is 180 Å². The molecule has 12 heteroatoms. The molecule has 0 spiro atoms. The first-order valence-electron chi connectivity index (χ1n) is 13.4. The zero-order valence-electron chi connectivity index (χ0n) is 23.9. The fraction of sp³-hybridized carbons (Fsp3) is 0.125. The molecular weight excluding hydrogens is 568 g/mol. The maximum atomic E-state index is 12.3. The predicted molar refractivity (Wildman–Crippen MR) is 165 cm³/mol. The lowest BCUT2D eigenvalue weighted by Gasteiger charge is -2.11. The van der Waals surface area contributed by atoms with E-state index in [-0.39, 0.29) is 41.6 Å². The highest BCUT2D eigenvalue weighted by molar-refractivity contribution is 6.11. The van der Waals surface area contributed by atoms with E-state index in [0.29, 0.717) is 22.5 Å². The Balaban J connectivity index is 0.000000241. The molecule has 0 heterocycles. The molecule has 4 rings (SSSR count). The smallest absolute Gasteiger partial charge is 0.340 e. The lowest BCUT2D eigenvalue weighted by molar-refractivity contribution is -0.385. The second kappa shape index (κ2) is 15.8. The highest BCUT2D eigenvalue weighted by Crippen LogP contribution is 2.22. The van der Waals surface area contributed by atoms with Gasteiger partial charge in [-0.25, -0.2) is 9.59 Å². The van der Waals surface area contributed by atoms with Gasteiger partial charge in [0.25, 0.3) is 17.5 Å². The molecule has 0 aliphatic heterocycles. The standard InChI is InChI=1S/C16H14N2O5.C16H16N2O3/c1-2-23-16(20)11-7-3-5-9-13(11)17-15(19)12-8-4-6-10-14(12)18(21)22;1-2-21-16(20)12-8-4-6-10-14(12)18-15(19)11-7-3-5-9-13(11)17/h3-10H,2H2,1H3,(H,17,19);3-10H,2,17H2,1H3,(H,18,19). The number of para-hydroxylation sites is 4. The van der Waals surface area contributed by atoms with E-state index in [4.69, 9.17) is 15.2 Å². The molecule has 0 aliphatic carbocycles. The minimum Gasteiger partial charge on any atom is -0.462 e. The number of rotatable bonds is 9. The number of ether oxygens (including phenoxy) is 2. The lowest BCUT2D eigenvalue weighted by Crippen LogP contribution is -2.17. The Morgan fingerprint density at radius 3 is 1.48 bits per heavy atom. The summed E-state index contributed by atoms with van der Waals surface area (Å²) in [6.45, 7) is 3.87. The van der Waals surface area contributed by atoms with E-state index in [0.717, 1.165) is 0 Å². The molecule has 0 saturated heterocycles. The number of anilines is 3. The molecule has 0 atom stereocenters. The first kappa shape index (κ1) is 32.5. The van der Waals surface area contributed by atoms with Crippen molar-refractivity contribution in [2.45, 2.75) is 13.8 Å². The van der Waals surface area contributed by atoms with Gasteiger partial charge in [-0.1, -0.05) is 48.5 Å². The van der Waals surface area contributed by atoms with Crippen molar-refractivity contribution >= 4 is 46.5 Å². The number of hydrogen-bond donors (Lipinski definition) is 3. The van der Waals surface area contributed by atoms with Crippen molar-refractivity contribution in [3.8, 4) is 0 Å². The highest BCUT2D eigenvalue weighted by atomic mass is 16.6. The van der Waals surface area contributed by atoms with Gasteiger partial charge in [0.15, 0.2) is 0 Å². The fourth-order valence-corrected chi connectivity index (χ4v) is 3.87. The van der Waals surface area contributed by atoms with E-state index in [1.165, 1.54) is 36.4 Å². The van der Waals surface area contributed by atoms with Crippen LogP contribution in [0.5, 0.6) is 0 Å². The van der Waals surface area contributed by atoms with Crippen molar-refractivity contribution < 1.29 is 33.6 Å². The quantitative estimate of drug-likeness (QED) is 0.0939. The van der Waals surface area contributed by atoms with Crippen LogP contribution in [0.1, 0.15) is 55.3 Å². The average molecular weight is 599 g/mol. The normalized spacial score (nSPS) is 9.95. The van der Waals surface area contributed by atoms with Gasteiger partial charge in [0.2, 0.25) is 0 Å². The Hall–Kier alpha value is -6.04. The molecule has 0 radical (unpaired) electrons. The summed E-state index contributed by atoms with van der Waals surface area (Å²) in [4.78, 5) is 58.6. The molecule has 0 aromatic heterocycles. The number of esters is 2.